The Kier molecular flexibility index (Phi) is 5.92. The minimum absolute atomic E-state index is 0.00670. The summed E-state index contributed by atoms with van der Waals surface area (Å²) in [4.78, 5) is 38.7. The predicted molar refractivity (Wildman–Crippen MR) is 97.5 cm³/mol. The van der Waals surface area contributed by atoms with Crippen molar-refractivity contribution in [1.29, 1.82) is 0 Å². The Balaban J connectivity index is 1.54. The van der Waals surface area contributed by atoms with E-state index in [1.165, 1.54) is 30.7 Å². The van der Waals surface area contributed by atoms with Gasteiger partial charge >= 0.3 is 5.97 Å². The molecule has 1 heterocycles. The van der Waals surface area contributed by atoms with Crippen molar-refractivity contribution in [3.8, 4) is 0 Å². The molecule has 3 rings (SSSR count). The Labute approximate surface area is 158 Å². The van der Waals surface area contributed by atoms with Crippen LogP contribution in [0.3, 0.4) is 0 Å². The summed E-state index contributed by atoms with van der Waals surface area (Å²) in [6.45, 7) is 4.36. The normalized spacial score (nSPS) is 28.3. The highest BCUT2D eigenvalue weighted by Crippen LogP contribution is 2.35. The van der Waals surface area contributed by atoms with Gasteiger partial charge in [-0.15, -0.1) is 0 Å². The summed E-state index contributed by atoms with van der Waals surface area (Å²) in [5.41, 5.74) is 0.290. The first-order valence-corrected chi connectivity index (χ1v) is 9.61. The van der Waals surface area contributed by atoms with Crippen LogP contribution in [0.25, 0.3) is 0 Å². The lowest BCUT2D eigenvalue weighted by molar-refractivity contribution is -0.147. The maximum Gasteiger partial charge on any atom is 0.311 e. The number of rotatable bonds is 5. The molecule has 1 aromatic carbocycles. The molecule has 1 aliphatic heterocycles. The van der Waals surface area contributed by atoms with Gasteiger partial charge in [0.05, 0.1) is 5.92 Å². The molecule has 1 aliphatic carbocycles. The lowest BCUT2D eigenvalue weighted by Gasteiger charge is -2.39. The SMILES string of the molecule is C[C@@H]1[C@H](C)CCC[C@@H]1N1C[C@H](C(=O)OCC(=O)c2ccc(F)cc2)CC1=O. The van der Waals surface area contributed by atoms with Crippen molar-refractivity contribution in [2.24, 2.45) is 17.8 Å². The van der Waals surface area contributed by atoms with Crippen molar-refractivity contribution in [2.45, 2.75) is 45.6 Å². The molecule has 2 aliphatic rings. The molecule has 0 radical (unpaired) electrons. The Bertz CT molecular complexity index is 717. The maximum atomic E-state index is 12.9. The van der Waals surface area contributed by atoms with E-state index in [0.29, 0.717) is 23.9 Å². The second-order valence-electron chi connectivity index (χ2n) is 7.82. The van der Waals surface area contributed by atoms with Gasteiger partial charge in [0.1, 0.15) is 5.82 Å². The first-order chi connectivity index (χ1) is 12.9. The Morgan fingerprint density at radius 1 is 1.19 bits per heavy atom. The maximum absolute atomic E-state index is 12.9. The molecule has 1 aromatic rings. The molecule has 0 N–H and O–H groups in total. The van der Waals surface area contributed by atoms with E-state index in [4.69, 9.17) is 4.74 Å². The van der Waals surface area contributed by atoms with Gasteiger partial charge in [0, 0.05) is 24.6 Å². The molecule has 0 bridgehead atoms. The molecule has 1 saturated heterocycles. The Morgan fingerprint density at radius 3 is 2.59 bits per heavy atom. The number of hydrogen-bond donors (Lipinski definition) is 0. The van der Waals surface area contributed by atoms with Crippen molar-refractivity contribution >= 4 is 17.7 Å². The number of esters is 1. The second kappa shape index (κ2) is 8.19. The van der Waals surface area contributed by atoms with Gasteiger partial charge in [-0.2, -0.15) is 0 Å². The summed E-state index contributed by atoms with van der Waals surface area (Å²) in [5, 5.41) is 0. The number of hydrogen-bond acceptors (Lipinski definition) is 4. The van der Waals surface area contributed by atoms with E-state index in [0.717, 1.165) is 12.8 Å². The molecule has 0 spiro atoms. The minimum atomic E-state index is -0.525. The first-order valence-electron chi connectivity index (χ1n) is 9.61. The van der Waals surface area contributed by atoms with Gasteiger partial charge in [0.2, 0.25) is 5.91 Å². The van der Waals surface area contributed by atoms with Crippen LogP contribution in [0.15, 0.2) is 24.3 Å². The number of carbonyl (C=O) groups excluding carboxylic acids is 3. The lowest BCUT2D eigenvalue weighted by Crippen LogP contribution is -2.45. The van der Waals surface area contributed by atoms with Crippen LogP contribution in [0.2, 0.25) is 0 Å². The van der Waals surface area contributed by atoms with Crippen LogP contribution in [-0.2, 0) is 14.3 Å². The number of benzene rings is 1. The highest BCUT2D eigenvalue weighted by atomic mass is 19.1. The average molecular weight is 375 g/mol. The third kappa shape index (κ3) is 4.37. The van der Waals surface area contributed by atoms with Crippen molar-refractivity contribution in [3.05, 3.63) is 35.6 Å². The molecule has 1 saturated carbocycles. The number of likely N-dealkylation sites (tertiary alicyclic amines) is 1. The fourth-order valence-electron chi connectivity index (χ4n) is 4.18. The molecular weight excluding hydrogens is 349 g/mol. The third-order valence-corrected chi connectivity index (χ3v) is 6.07. The fourth-order valence-corrected chi connectivity index (χ4v) is 4.18. The van der Waals surface area contributed by atoms with Crippen LogP contribution >= 0.6 is 0 Å². The molecule has 4 atom stereocenters. The van der Waals surface area contributed by atoms with E-state index in [1.807, 2.05) is 4.90 Å². The summed E-state index contributed by atoms with van der Waals surface area (Å²) in [5.74, 6) is -0.888. The highest BCUT2D eigenvalue weighted by Gasteiger charge is 2.42. The summed E-state index contributed by atoms with van der Waals surface area (Å²) in [7, 11) is 0. The number of ether oxygens (including phenoxy) is 1. The smallest absolute Gasteiger partial charge is 0.311 e. The number of Topliss-reactive ketones (excluding diaryl/α,β-unsaturated/α-hetero) is 1. The lowest BCUT2D eigenvalue weighted by atomic mass is 9.77. The standard InChI is InChI=1S/C21H26FNO4/c1-13-4-3-5-18(14(13)2)23-11-16(10-20(23)25)21(26)27-12-19(24)15-6-8-17(22)9-7-15/h6-9,13-14,16,18H,3-5,10-12H2,1-2H3/t13-,14-,16-,18+/m1/s1. The van der Waals surface area contributed by atoms with Gasteiger partial charge in [-0.1, -0.05) is 26.7 Å². The van der Waals surface area contributed by atoms with Crippen LogP contribution < -0.4 is 0 Å². The van der Waals surface area contributed by atoms with Crippen LogP contribution in [0.1, 0.15) is 49.9 Å². The predicted octanol–water partition coefficient (Wildman–Crippen LogP) is 3.22. The summed E-state index contributed by atoms with van der Waals surface area (Å²) in [6, 6.07) is 5.28. The number of halogens is 1. The quantitative estimate of drug-likeness (QED) is 0.586. The number of amides is 1. The average Bonchev–Trinajstić information content (AvgIpc) is 3.04. The first kappa shape index (κ1) is 19.5. The summed E-state index contributed by atoms with van der Waals surface area (Å²) >= 11 is 0. The van der Waals surface area contributed by atoms with E-state index in [9.17, 15) is 18.8 Å². The number of carbonyl (C=O) groups is 3. The van der Waals surface area contributed by atoms with Gasteiger partial charge in [-0.25, -0.2) is 4.39 Å². The Hall–Kier alpha value is -2.24. The largest absolute Gasteiger partial charge is 0.457 e. The van der Waals surface area contributed by atoms with Crippen molar-refractivity contribution in [1.82, 2.24) is 4.90 Å². The van der Waals surface area contributed by atoms with E-state index in [2.05, 4.69) is 13.8 Å². The van der Waals surface area contributed by atoms with Gasteiger partial charge in [-0.3, -0.25) is 14.4 Å². The van der Waals surface area contributed by atoms with Crippen LogP contribution in [-0.4, -0.2) is 41.8 Å². The molecule has 146 valence electrons. The van der Waals surface area contributed by atoms with Crippen molar-refractivity contribution in [3.63, 3.8) is 0 Å². The molecule has 6 heteroatoms. The minimum Gasteiger partial charge on any atom is -0.457 e. The van der Waals surface area contributed by atoms with Gasteiger partial charge in [0.25, 0.3) is 0 Å². The number of ketones is 1. The number of nitrogens with zero attached hydrogens (tertiary/aromatic N) is 1. The third-order valence-electron chi connectivity index (χ3n) is 6.07. The highest BCUT2D eigenvalue weighted by molar-refractivity contribution is 5.98. The van der Waals surface area contributed by atoms with Gasteiger partial charge in [0.15, 0.2) is 12.4 Å². The Morgan fingerprint density at radius 2 is 1.89 bits per heavy atom. The van der Waals surface area contributed by atoms with Gasteiger partial charge < -0.3 is 9.64 Å². The van der Waals surface area contributed by atoms with E-state index >= 15 is 0 Å². The topological polar surface area (TPSA) is 63.7 Å². The zero-order valence-electron chi connectivity index (χ0n) is 15.8. The molecule has 0 unspecified atom stereocenters. The van der Waals surface area contributed by atoms with E-state index < -0.39 is 24.3 Å². The molecular formula is C21H26FNO4. The van der Waals surface area contributed by atoms with Crippen molar-refractivity contribution < 1.29 is 23.5 Å². The zero-order chi connectivity index (χ0) is 19.6. The van der Waals surface area contributed by atoms with Crippen LogP contribution in [0, 0.1) is 23.6 Å². The molecule has 2 fully saturated rings. The van der Waals surface area contributed by atoms with Gasteiger partial charge in [-0.05, 0) is 42.5 Å². The second-order valence-corrected chi connectivity index (χ2v) is 7.82. The monoisotopic (exact) mass is 375 g/mol. The molecule has 5 nitrogen and oxygen atoms in total. The molecule has 1 amide bonds. The summed E-state index contributed by atoms with van der Waals surface area (Å²) in [6.07, 6.45) is 3.39. The zero-order valence-corrected chi connectivity index (χ0v) is 15.8. The molecule has 0 aromatic heterocycles. The van der Waals surface area contributed by atoms with Crippen LogP contribution in [0.5, 0.6) is 0 Å². The van der Waals surface area contributed by atoms with Crippen molar-refractivity contribution in [2.75, 3.05) is 13.2 Å². The van der Waals surface area contributed by atoms with E-state index in [-0.39, 0.29) is 24.2 Å². The molecule has 27 heavy (non-hydrogen) atoms. The van der Waals surface area contributed by atoms with Crippen LogP contribution in [0.4, 0.5) is 4.39 Å². The fraction of sp³-hybridized carbons (Fsp3) is 0.571. The van der Waals surface area contributed by atoms with E-state index in [1.54, 1.807) is 0 Å². The summed E-state index contributed by atoms with van der Waals surface area (Å²) < 4.78 is 18.1.